The Balaban J connectivity index is 0.000000147. The Morgan fingerprint density at radius 1 is 0.641 bits per heavy atom. The molecule has 6 fully saturated rings. The van der Waals surface area contributed by atoms with E-state index in [0.29, 0.717) is 58.8 Å². The number of hydrogen-bond acceptors (Lipinski definition) is 15. The third-order valence-corrected chi connectivity index (χ3v) is 24.4. The highest BCUT2D eigenvalue weighted by atomic mass is 35.5. The molecule has 4 aliphatic heterocycles. The minimum absolute atomic E-state index is 0.0185. The highest BCUT2D eigenvalue weighted by Crippen LogP contribution is 2.53. The molecule has 5 aliphatic carbocycles. The minimum Gasteiger partial charge on any atom is -0.378 e. The third kappa shape index (κ3) is 17.8. The van der Waals surface area contributed by atoms with Gasteiger partial charge in [-0.15, -0.1) is 0 Å². The first-order valence-electron chi connectivity index (χ1n) is 38.9. The molecule has 4 amide bonds. The number of nitrogens with two attached hydrogens (primary N) is 3. The van der Waals surface area contributed by atoms with Gasteiger partial charge in [0.15, 0.2) is 23.4 Å². The van der Waals surface area contributed by atoms with Gasteiger partial charge in [-0.25, -0.2) is 20.0 Å². The van der Waals surface area contributed by atoms with Crippen LogP contribution in [0.2, 0.25) is 5.02 Å². The van der Waals surface area contributed by atoms with Crippen molar-refractivity contribution in [3.05, 3.63) is 119 Å². The summed E-state index contributed by atoms with van der Waals surface area (Å²) in [4.78, 5) is 79.7. The number of nitrogens with one attached hydrogen (secondary N) is 2. The van der Waals surface area contributed by atoms with Gasteiger partial charge in [-0.05, 0) is 178 Å². The summed E-state index contributed by atoms with van der Waals surface area (Å²) in [6.07, 6.45) is 30.1. The predicted molar refractivity (Wildman–Crippen MR) is 411 cm³/mol. The third-order valence-electron chi connectivity index (χ3n) is 24.1. The summed E-state index contributed by atoms with van der Waals surface area (Å²) in [5.74, 6) is 4.41. The fraction of sp³-hybridized carbons (Fsp3) is 0.610. The Labute approximate surface area is 615 Å². The van der Waals surface area contributed by atoms with E-state index in [1.807, 2.05) is 96.5 Å². The molecule has 9 aliphatic rings. The molecule has 0 spiro atoms. The van der Waals surface area contributed by atoms with E-state index < -0.39 is 22.8 Å². The van der Waals surface area contributed by atoms with Crippen molar-refractivity contribution < 1.29 is 29.0 Å². The van der Waals surface area contributed by atoms with E-state index in [4.69, 9.17) is 48.5 Å². The number of fused-ring (bicyclic) bond motifs is 1. The number of carbonyl (C=O) groups excluding carboxylic acids is 4. The fourth-order valence-corrected chi connectivity index (χ4v) is 18.2. The number of aliphatic hydroxyl groups is 1. The molecule has 103 heavy (non-hydrogen) atoms. The SMILES string of the molecule is CC(C)(C)CCN1C(=O)C(c2cccc(-c3cccc(Cl)c3)c2)(C2CC2)N=C1N.CN1C(=O)[C@@](CCC2CCCCC2)(C[C@H]2CCC[C@@H](NC(=O)c3cc4ccccc4n3C)C2)N=C1N.CN1C(=O)[C@@](CCC2CCCCC2)(C[C@H]2CCC[C@@H](NC(O)c3ccc(N4CCOCC4)nc3)C2)N=C1N. The number of halogens is 1. The van der Waals surface area contributed by atoms with Crippen LogP contribution in [0, 0.1) is 35.0 Å². The number of ether oxygens (including phenoxy) is 1. The maximum atomic E-state index is 13.6. The number of aryl methyl sites for hydroxylation is 1. The van der Waals surface area contributed by atoms with Gasteiger partial charge in [0, 0.05) is 80.5 Å². The maximum Gasteiger partial charge on any atom is 0.268 e. The number of nitrogens with zero attached hydrogens (tertiary/aromatic N) is 9. The van der Waals surface area contributed by atoms with Crippen LogP contribution in [0.5, 0.6) is 0 Å². The Morgan fingerprint density at radius 2 is 1.21 bits per heavy atom. The van der Waals surface area contributed by atoms with Gasteiger partial charge in [0.05, 0.1) is 13.2 Å². The molecule has 14 rings (SSSR count). The first kappa shape index (κ1) is 75.3. The molecule has 5 aromatic rings. The molecular formula is C82H115ClN14O6. The van der Waals surface area contributed by atoms with E-state index in [1.54, 1.807) is 35.0 Å². The quantitative estimate of drug-likeness (QED) is 0.0375. The second-order valence-corrected chi connectivity index (χ2v) is 33.2. The number of para-hydroxylation sites is 1. The molecule has 0 bridgehead atoms. The van der Waals surface area contributed by atoms with Crippen LogP contribution < -0.4 is 32.7 Å². The summed E-state index contributed by atoms with van der Waals surface area (Å²) < 4.78 is 7.40. The van der Waals surface area contributed by atoms with Gasteiger partial charge in [0.2, 0.25) is 0 Å². The minimum atomic E-state index is -0.892. The van der Waals surface area contributed by atoms with Crippen molar-refractivity contribution >= 4 is 69.8 Å². The molecule has 5 saturated carbocycles. The topological polar surface area (TPSA) is 268 Å². The van der Waals surface area contributed by atoms with Gasteiger partial charge in [-0.2, -0.15) is 0 Å². The summed E-state index contributed by atoms with van der Waals surface area (Å²) in [6.45, 7) is 10.2. The van der Waals surface area contributed by atoms with Gasteiger partial charge in [-0.1, -0.05) is 171 Å². The summed E-state index contributed by atoms with van der Waals surface area (Å²) in [7, 11) is 5.45. The van der Waals surface area contributed by atoms with E-state index in [-0.39, 0.29) is 47.0 Å². The number of hydrogen-bond donors (Lipinski definition) is 6. The lowest BCUT2D eigenvalue weighted by Gasteiger charge is -2.36. The Kier molecular flexibility index (Phi) is 24.1. The molecule has 6 heterocycles. The van der Waals surface area contributed by atoms with Crippen molar-refractivity contribution in [3.63, 3.8) is 0 Å². The number of amides is 4. The Hall–Kier alpha value is -7.39. The zero-order valence-electron chi connectivity index (χ0n) is 62.1. The van der Waals surface area contributed by atoms with Gasteiger partial charge < -0.3 is 41.8 Å². The molecule has 20 nitrogen and oxygen atoms in total. The fourth-order valence-electron chi connectivity index (χ4n) is 18.0. The van der Waals surface area contributed by atoms with E-state index in [9.17, 15) is 24.3 Å². The summed E-state index contributed by atoms with van der Waals surface area (Å²) in [6, 6.07) is 30.2. The van der Waals surface area contributed by atoms with Crippen LogP contribution in [-0.2, 0) is 31.7 Å². The van der Waals surface area contributed by atoms with Gasteiger partial charge in [0.25, 0.3) is 23.6 Å². The van der Waals surface area contributed by atoms with Crippen molar-refractivity contribution in [2.24, 2.45) is 74.2 Å². The van der Waals surface area contributed by atoms with Gasteiger partial charge >= 0.3 is 0 Å². The number of pyridine rings is 1. The van der Waals surface area contributed by atoms with Crippen LogP contribution in [0.1, 0.15) is 222 Å². The lowest BCUT2D eigenvalue weighted by molar-refractivity contribution is -0.133. The molecule has 21 heteroatoms. The number of aromatic nitrogens is 2. The highest BCUT2D eigenvalue weighted by molar-refractivity contribution is 6.30. The number of carbonyl (C=O) groups is 4. The lowest BCUT2D eigenvalue weighted by atomic mass is 9.74. The molecule has 2 unspecified atom stereocenters. The number of morpholine rings is 1. The zero-order chi connectivity index (χ0) is 72.6. The molecule has 556 valence electrons. The lowest BCUT2D eigenvalue weighted by Crippen LogP contribution is -2.45. The van der Waals surface area contributed by atoms with E-state index in [1.165, 1.54) is 64.2 Å². The van der Waals surface area contributed by atoms with Crippen LogP contribution in [0.4, 0.5) is 5.82 Å². The number of aliphatic imine (C=N–C) groups is 3. The number of guanidine groups is 3. The number of anilines is 1. The number of rotatable bonds is 21. The van der Waals surface area contributed by atoms with Crippen molar-refractivity contribution in [2.75, 3.05) is 51.8 Å². The first-order valence-corrected chi connectivity index (χ1v) is 39.3. The van der Waals surface area contributed by atoms with E-state index >= 15 is 0 Å². The standard InChI is InChI=1S/C29H46N6O3.C29H41N5O2.C24H28ClN3O/c1-34-27(37)29(33-28(34)30,13-12-21-6-3-2-4-7-21)19-22-8-5-9-24(18-22)32-26(36)23-10-11-25(31-20-23)35-14-16-38-17-15-35;1-33-24-14-7-6-12-22(24)18-25(33)26(35)31-23-13-8-11-21(17-23)19-29(27(36)34(2)28(30)32-29)16-15-20-9-4-3-5-10-20;1-23(2,3)12-13-28-21(29)24(18-10-11-18,27-22(28)26)19-8-4-6-16(14-19)17-7-5-9-20(25)15-17/h10-11,20-22,24,26,32,36H,2-9,12-19H2,1H3,(H2,30,33);6-7,12,14,18,20-21,23H,3-5,8-11,13,15-17,19H2,1-2H3,(H2,30,32)(H,31,35);4-9,14-15,18H,10-13H2,1-3H3,(H2,26,27)/t22-,24+,26?,29+;21-,23+,29+;/m00./s1. The smallest absolute Gasteiger partial charge is 0.268 e. The van der Waals surface area contributed by atoms with Crippen LogP contribution >= 0.6 is 11.6 Å². The van der Waals surface area contributed by atoms with Crippen LogP contribution in [0.3, 0.4) is 0 Å². The average Bonchev–Trinajstić information content (AvgIpc) is 1.57. The van der Waals surface area contributed by atoms with E-state index in [2.05, 4.69) is 47.4 Å². The number of likely N-dealkylation sites (N-methyl/N-ethyl adjacent to an activating group) is 2. The largest absolute Gasteiger partial charge is 0.378 e. The number of aliphatic hydroxyl groups excluding tert-OH is 1. The normalized spacial score (nSPS) is 26.9. The van der Waals surface area contributed by atoms with Crippen LogP contribution in [0.15, 0.2) is 112 Å². The summed E-state index contributed by atoms with van der Waals surface area (Å²) in [5.41, 5.74) is 21.9. The summed E-state index contributed by atoms with van der Waals surface area (Å²) >= 11 is 6.18. The van der Waals surface area contributed by atoms with Crippen LogP contribution in [-0.4, -0.2) is 141 Å². The Bertz CT molecular complexity index is 3870. The molecule has 1 saturated heterocycles. The first-order chi connectivity index (χ1) is 49.5. The van der Waals surface area contributed by atoms with Gasteiger partial charge in [-0.3, -0.25) is 39.2 Å². The van der Waals surface area contributed by atoms with Crippen molar-refractivity contribution in [2.45, 2.75) is 229 Å². The highest BCUT2D eigenvalue weighted by Gasteiger charge is 2.58. The number of benzene rings is 3. The average molecular weight is 1430 g/mol. The zero-order valence-corrected chi connectivity index (χ0v) is 62.9. The maximum absolute atomic E-state index is 13.6. The van der Waals surface area contributed by atoms with E-state index in [0.717, 1.165) is 174 Å². The molecule has 8 atom stereocenters. The monoisotopic (exact) mass is 1430 g/mol. The second kappa shape index (κ2) is 33.0. The molecule has 0 radical (unpaired) electrons. The van der Waals surface area contributed by atoms with Crippen molar-refractivity contribution in [1.82, 2.24) is 34.9 Å². The van der Waals surface area contributed by atoms with Gasteiger partial charge in [0.1, 0.15) is 28.8 Å². The molecule has 3 aromatic carbocycles. The molecular weight excluding hydrogens is 1310 g/mol. The molecule has 9 N–H and O–H groups in total. The Morgan fingerprint density at radius 3 is 1.77 bits per heavy atom. The summed E-state index contributed by atoms with van der Waals surface area (Å²) in [5, 5.41) is 19.5. The predicted octanol–water partition coefficient (Wildman–Crippen LogP) is 13.3. The van der Waals surface area contributed by atoms with Crippen molar-refractivity contribution in [3.8, 4) is 11.1 Å². The van der Waals surface area contributed by atoms with Crippen LogP contribution in [0.25, 0.3) is 22.0 Å². The van der Waals surface area contributed by atoms with Crippen molar-refractivity contribution in [1.29, 1.82) is 0 Å². The second-order valence-electron chi connectivity index (χ2n) is 32.8. The molecule has 2 aromatic heterocycles.